The number of aromatic nitrogens is 1. The molecule has 0 saturated carbocycles. The largest absolute Gasteiger partial charge is 0.416 e. The quantitative estimate of drug-likeness (QED) is 0.905. The molecule has 0 aliphatic rings. The molecule has 0 bridgehead atoms. The van der Waals surface area contributed by atoms with Crippen LogP contribution in [-0.4, -0.2) is 17.7 Å². The van der Waals surface area contributed by atoms with Crippen LogP contribution >= 0.6 is 0 Å². The predicted octanol–water partition coefficient (Wildman–Crippen LogP) is 3.35. The topological polar surface area (TPSA) is 17.0 Å². The zero-order valence-corrected chi connectivity index (χ0v) is 11.2. The maximum Gasteiger partial charge on any atom is 0.416 e. The average Bonchev–Trinajstić information content (AvgIpc) is 2.64. The molecule has 1 unspecified atom stereocenters. The minimum absolute atomic E-state index is 0.282. The first-order valence-corrected chi connectivity index (χ1v) is 6.15. The van der Waals surface area contributed by atoms with Crippen molar-refractivity contribution in [3.63, 3.8) is 0 Å². The van der Waals surface area contributed by atoms with Crippen LogP contribution in [0, 0.1) is 0 Å². The highest BCUT2D eigenvalue weighted by Crippen LogP contribution is 2.32. The molecule has 104 valence electrons. The molecule has 1 N–H and O–H groups in total. The van der Waals surface area contributed by atoms with E-state index in [1.165, 1.54) is 12.1 Å². The first-order valence-electron chi connectivity index (χ1n) is 6.15. The van der Waals surface area contributed by atoms with Gasteiger partial charge in [0.05, 0.1) is 5.56 Å². The smallest absolute Gasteiger partial charge is 0.348 e. The summed E-state index contributed by atoms with van der Waals surface area (Å²) < 4.78 is 40.0. The van der Waals surface area contributed by atoms with Crippen LogP contribution in [-0.2, 0) is 19.6 Å². The number of rotatable bonds is 3. The number of nitrogens with zero attached hydrogens (tertiary/aromatic N) is 1. The molecule has 0 radical (unpaired) electrons. The van der Waals surface area contributed by atoms with Gasteiger partial charge in [-0.05, 0) is 38.2 Å². The van der Waals surface area contributed by atoms with Crippen molar-refractivity contribution in [3.8, 4) is 0 Å². The van der Waals surface area contributed by atoms with E-state index in [9.17, 15) is 13.2 Å². The zero-order valence-electron chi connectivity index (χ0n) is 11.2. The van der Waals surface area contributed by atoms with Crippen molar-refractivity contribution in [2.24, 2.45) is 7.05 Å². The molecule has 1 heterocycles. The number of fused-ring (bicyclic) bond motifs is 1. The Hall–Kier alpha value is -1.49. The van der Waals surface area contributed by atoms with E-state index in [2.05, 4.69) is 5.32 Å². The van der Waals surface area contributed by atoms with Crippen molar-refractivity contribution in [2.75, 3.05) is 7.05 Å². The van der Waals surface area contributed by atoms with Gasteiger partial charge in [0.15, 0.2) is 0 Å². The van der Waals surface area contributed by atoms with Crippen LogP contribution in [0.4, 0.5) is 13.2 Å². The van der Waals surface area contributed by atoms with Gasteiger partial charge in [-0.15, -0.1) is 0 Å². The van der Waals surface area contributed by atoms with Gasteiger partial charge in [-0.2, -0.15) is 13.2 Å². The van der Waals surface area contributed by atoms with Crippen LogP contribution < -0.4 is 5.32 Å². The second kappa shape index (κ2) is 4.89. The minimum atomic E-state index is -4.29. The normalized spacial score (nSPS) is 14.0. The van der Waals surface area contributed by atoms with Crippen LogP contribution in [0.1, 0.15) is 18.2 Å². The van der Waals surface area contributed by atoms with Gasteiger partial charge < -0.3 is 9.88 Å². The summed E-state index contributed by atoms with van der Waals surface area (Å²) in [5.41, 5.74) is 1.25. The fraction of sp³-hybridized carbons (Fsp3) is 0.429. The van der Waals surface area contributed by atoms with Crippen LogP contribution in [0.3, 0.4) is 0 Å². The van der Waals surface area contributed by atoms with E-state index >= 15 is 0 Å². The predicted molar refractivity (Wildman–Crippen MR) is 70.1 cm³/mol. The number of halogens is 3. The molecule has 5 heteroatoms. The molecular formula is C14H17F3N2. The Bertz CT molecular complexity index is 584. The van der Waals surface area contributed by atoms with E-state index in [0.717, 1.165) is 23.7 Å². The summed E-state index contributed by atoms with van der Waals surface area (Å²) in [6.07, 6.45) is -3.51. The summed E-state index contributed by atoms with van der Waals surface area (Å²) in [7, 11) is 3.75. The number of alkyl halides is 3. The summed E-state index contributed by atoms with van der Waals surface area (Å²) in [6.45, 7) is 2.04. The number of hydrogen-bond donors (Lipinski definition) is 1. The number of likely N-dealkylation sites (N-methyl/N-ethyl adjacent to an activating group) is 1. The number of hydrogen-bond acceptors (Lipinski definition) is 1. The maximum absolute atomic E-state index is 12.7. The molecule has 2 nitrogen and oxygen atoms in total. The Morgan fingerprint density at radius 1 is 1.26 bits per heavy atom. The van der Waals surface area contributed by atoms with Crippen LogP contribution in [0.25, 0.3) is 10.9 Å². The fourth-order valence-corrected chi connectivity index (χ4v) is 2.19. The number of nitrogens with one attached hydrogen (secondary N) is 1. The molecule has 2 rings (SSSR count). The fourth-order valence-electron chi connectivity index (χ4n) is 2.19. The summed E-state index contributed by atoms with van der Waals surface area (Å²) in [5.74, 6) is 0. The molecule has 0 spiro atoms. The second-order valence-corrected chi connectivity index (χ2v) is 4.86. The molecule has 0 aliphatic carbocycles. The highest BCUT2D eigenvalue weighted by Gasteiger charge is 2.30. The van der Waals surface area contributed by atoms with E-state index in [1.54, 1.807) is 0 Å². The lowest BCUT2D eigenvalue weighted by atomic mass is 10.1. The molecule has 0 aliphatic heterocycles. The van der Waals surface area contributed by atoms with E-state index in [4.69, 9.17) is 0 Å². The van der Waals surface area contributed by atoms with Gasteiger partial charge in [0.1, 0.15) is 0 Å². The molecule has 2 aromatic rings. The van der Waals surface area contributed by atoms with Gasteiger partial charge in [-0.3, -0.25) is 0 Å². The molecule has 19 heavy (non-hydrogen) atoms. The van der Waals surface area contributed by atoms with Gasteiger partial charge in [0, 0.05) is 36.1 Å². The van der Waals surface area contributed by atoms with Gasteiger partial charge >= 0.3 is 6.18 Å². The lowest BCUT2D eigenvalue weighted by molar-refractivity contribution is -0.137. The van der Waals surface area contributed by atoms with Crippen molar-refractivity contribution in [1.29, 1.82) is 0 Å². The van der Waals surface area contributed by atoms with Crippen molar-refractivity contribution in [3.05, 3.63) is 35.5 Å². The summed E-state index contributed by atoms with van der Waals surface area (Å²) in [5, 5.41) is 3.76. The Morgan fingerprint density at radius 3 is 2.53 bits per heavy atom. The monoisotopic (exact) mass is 270 g/mol. The van der Waals surface area contributed by atoms with Crippen molar-refractivity contribution in [1.82, 2.24) is 9.88 Å². The van der Waals surface area contributed by atoms with Crippen molar-refractivity contribution < 1.29 is 13.2 Å². The van der Waals surface area contributed by atoms with E-state index in [1.807, 2.05) is 31.7 Å². The third-order valence-corrected chi connectivity index (χ3v) is 3.48. The van der Waals surface area contributed by atoms with Crippen molar-refractivity contribution >= 4 is 10.9 Å². The molecule has 1 atom stereocenters. The van der Waals surface area contributed by atoms with Gasteiger partial charge in [0.2, 0.25) is 0 Å². The molecule has 0 saturated heterocycles. The molecule has 0 fully saturated rings. The van der Waals surface area contributed by atoms with Gasteiger partial charge in [0.25, 0.3) is 0 Å². The van der Waals surface area contributed by atoms with Gasteiger partial charge in [-0.1, -0.05) is 0 Å². The first kappa shape index (κ1) is 13.9. The van der Waals surface area contributed by atoms with Crippen LogP contribution in [0.2, 0.25) is 0 Å². The van der Waals surface area contributed by atoms with Crippen LogP contribution in [0.15, 0.2) is 24.3 Å². The average molecular weight is 270 g/mol. The highest BCUT2D eigenvalue weighted by atomic mass is 19.4. The minimum Gasteiger partial charge on any atom is -0.348 e. The maximum atomic E-state index is 12.7. The van der Waals surface area contributed by atoms with E-state index in [0.29, 0.717) is 5.39 Å². The highest BCUT2D eigenvalue weighted by molar-refractivity contribution is 5.82. The van der Waals surface area contributed by atoms with Crippen LogP contribution in [0.5, 0.6) is 0 Å². The van der Waals surface area contributed by atoms with Crippen molar-refractivity contribution in [2.45, 2.75) is 25.6 Å². The third kappa shape index (κ3) is 2.76. The molecule has 1 aromatic heterocycles. The summed E-state index contributed by atoms with van der Waals surface area (Å²) in [6, 6.07) is 5.99. The molecule has 1 aromatic carbocycles. The number of aryl methyl sites for hydroxylation is 1. The standard InChI is InChI=1S/C14H17F3N2/c1-9(18-2)6-12-8-10-7-11(14(15,16)17)4-5-13(10)19(12)3/h4-5,7-9,18H,6H2,1-3H3. The summed E-state index contributed by atoms with van der Waals surface area (Å²) in [4.78, 5) is 0. The lowest BCUT2D eigenvalue weighted by Gasteiger charge is -2.10. The molecular weight excluding hydrogens is 253 g/mol. The lowest BCUT2D eigenvalue weighted by Crippen LogP contribution is -2.24. The number of benzene rings is 1. The summed E-state index contributed by atoms with van der Waals surface area (Å²) >= 11 is 0. The van der Waals surface area contributed by atoms with E-state index in [-0.39, 0.29) is 6.04 Å². The Kier molecular flexibility index (Phi) is 3.58. The van der Waals surface area contributed by atoms with Gasteiger partial charge in [-0.25, -0.2) is 0 Å². The second-order valence-electron chi connectivity index (χ2n) is 4.86. The Morgan fingerprint density at radius 2 is 1.95 bits per heavy atom. The zero-order chi connectivity index (χ0) is 14.2. The molecule has 0 amide bonds. The first-order chi connectivity index (χ1) is 8.82. The van der Waals surface area contributed by atoms with E-state index < -0.39 is 11.7 Å². The third-order valence-electron chi connectivity index (χ3n) is 3.48. The Labute approximate surface area is 110 Å². The Balaban J connectivity index is 2.45. The SMILES string of the molecule is CNC(C)Cc1cc2cc(C(F)(F)F)ccc2n1C.